The minimum absolute atomic E-state index is 0.0531. The highest BCUT2D eigenvalue weighted by atomic mass is 16.6. The van der Waals surface area contributed by atoms with Crippen LogP contribution in [0.3, 0.4) is 0 Å². The molecule has 5 heteroatoms. The van der Waals surface area contributed by atoms with E-state index in [2.05, 4.69) is 20.8 Å². The van der Waals surface area contributed by atoms with E-state index < -0.39 is 30.4 Å². The van der Waals surface area contributed by atoms with Crippen LogP contribution in [0.2, 0.25) is 0 Å². The summed E-state index contributed by atoms with van der Waals surface area (Å²) in [6.07, 6.45) is 2.37. The third-order valence-corrected chi connectivity index (χ3v) is 4.46. The molecule has 0 aromatic rings. The van der Waals surface area contributed by atoms with E-state index in [1.54, 1.807) is 13.0 Å². The molecule has 2 aliphatic rings. The van der Waals surface area contributed by atoms with Crippen molar-refractivity contribution in [3.05, 3.63) is 23.5 Å². The molecular weight excluding hydrogens is 284 g/mol. The molecule has 0 amide bonds. The Morgan fingerprint density at radius 3 is 2.59 bits per heavy atom. The van der Waals surface area contributed by atoms with Crippen molar-refractivity contribution in [2.75, 3.05) is 0 Å². The Morgan fingerprint density at radius 1 is 1.27 bits per heavy atom. The molecule has 0 aromatic heterocycles. The average Bonchev–Trinajstić information content (AvgIpc) is 2.75. The first-order valence-corrected chi connectivity index (χ1v) is 8.01. The number of allylic oxidation sites excluding steroid dienone is 1. The minimum Gasteiger partial charge on any atom is -0.483 e. The van der Waals surface area contributed by atoms with Gasteiger partial charge in [-0.25, -0.2) is 4.79 Å². The molecule has 124 valence electrons. The predicted molar refractivity (Wildman–Crippen MR) is 81.8 cm³/mol. The van der Waals surface area contributed by atoms with E-state index >= 15 is 0 Å². The molecule has 2 aliphatic heterocycles. The van der Waals surface area contributed by atoms with Gasteiger partial charge in [0.2, 0.25) is 0 Å². The van der Waals surface area contributed by atoms with Gasteiger partial charge in [-0.15, -0.1) is 0 Å². The van der Waals surface area contributed by atoms with Crippen LogP contribution < -0.4 is 0 Å². The van der Waals surface area contributed by atoms with E-state index in [0.29, 0.717) is 17.6 Å². The van der Waals surface area contributed by atoms with E-state index in [9.17, 15) is 15.0 Å². The van der Waals surface area contributed by atoms with Crippen LogP contribution in [-0.4, -0.2) is 40.6 Å². The van der Waals surface area contributed by atoms with Crippen molar-refractivity contribution in [1.82, 2.24) is 0 Å². The third-order valence-electron chi connectivity index (χ3n) is 4.46. The molecule has 0 spiro atoms. The average molecular weight is 310 g/mol. The first kappa shape index (κ1) is 17.0. The number of rotatable bonds is 5. The Bertz CT molecular complexity index is 481. The summed E-state index contributed by atoms with van der Waals surface area (Å²) < 4.78 is 10.7. The largest absolute Gasteiger partial charge is 0.483 e. The lowest BCUT2D eigenvalue weighted by atomic mass is 9.92. The van der Waals surface area contributed by atoms with Crippen molar-refractivity contribution in [1.29, 1.82) is 0 Å². The predicted octanol–water partition coefficient (Wildman–Crippen LogP) is 1.93. The lowest BCUT2D eigenvalue weighted by Gasteiger charge is -2.31. The molecule has 0 aliphatic carbocycles. The molecule has 2 N–H and O–H groups in total. The van der Waals surface area contributed by atoms with E-state index in [1.165, 1.54) is 0 Å². The first-order chi connectivity index (χ1) is 10.3. The van der Waals surface area contributed by atoms with Gasteiger partial charge in [-0.2, -0.15) is 0 Å². The van der Waals surface area contributed by atoms with E-state index in [4.69, 9.17) is 9.47 Å². The van der Waals surface area contributed by atoms with Crippen molar-refractivity contribution in [2.24, 2.45) is 11.8 Å². The smallest absolute Gasteiger partial charge is 0.341 e. The molecule has 0 fully saturated rings. The summed E-state index contributed by atoms with van der Waals surface area (Å²) in [6, 6.07) is 0. The monoisotopic (exact) mass is 310 g/mol. The maximum absolute atomic E-state index is 11.7. The van der Waals surface area contributed by atoms with Crippen molar-refractivity contribution in [3.63, 3.8) is 0 Å². The Morgan fingerprint density at radius 2 is 1.95 bits per heavy atom. The molecule has 0 radical (unpaired) electrons. The van der Waals surface area contributed by atoms with Gasteiger partial charge in [0.1, 0.15) is 23.9 Å². The number of aliphatic hydroxyl groups excluding tert-OH is 2. The Labute approximate surface area is 131 Å². The van der Waals surface area contributed by atoms with Gasteiger partial charge in [0.05, 0.1) is 0 Å². The third kappa shape index (κ3) is 3.36. The maximum atomic E-state index is 11.7. The van der Waals surface area contributed by atoms with Crippen LogP contribution in [0.1, 0.15) is 40.5 Å². The number of hydrogen-bond acceptors (Lipinski definition) is 5. The highest BCUT2D eigenvalue weighted by Crippen LogP contribution is 2.34. The van der Waals surface area contributed by atoms with Crippen LogP contribution in [0.15, 0.2) is 23.5 Å². The summed E-state index contributed by atoms with van der Waals surface area (Å²) in [4.78, 5) is 11.7. The standard InChI is InChI=1S/C17H26O5/c1-5-9(2)8-10(3)6-7-12-14(18)15(19)13-16(22-12)11(4)21-17(13)20/h6-7,9-12,14-15,18-19H,5,8H2,1-4H3/b7-6-/t9?,10?,11-,12-,14-,15-/m1/s1. The quantitative estimate of drug-likeness (QED) is 0.599. The summed E-state index contributed by atoms with van der Waals surface area (Å²) in [7, 11) is 0. The number of ether oxygens (including phenoxy) is 2. The maximum Gasteiger partial charge on any atom is 0.341 e. The molecule has 2 rings (SSSR count). The van der Waals surface area contributed by atoms with Gasteiger partial charge in [0.15, 0.2) is 11.9 Å². The molecular formula is C17H26O5. The van der Waals surface area contributed by atoms with Crippen LogP contribution in [0.4, 0.5) is 0 Å². The molecule has 2 heterocycles. The van der Waals surface area contributed by atoms with E-state index in [1.807, 2.05) is 6.08 Å². The molecule has 0 aromatic carbocycles. The fourth-order valence-corrected chi connectivity index (χ4v) is 2.92. The fourth-order valence-electron chi connectivity index (χ4n) is 2.92. The summed E-state index contributed by atoms with van der Waals surface area (Å²) in [5, 5.41) is 20.3. The van der Waals surface area contributed by atoms with Gasteiger partial charge < -0.3 is 19.7 Å². The fraction of sp³-hybridized carbons (Fsp3) is 0.706. The van der Waals surface area contributed by atoms with Crippen molar-refractivity contribution in [3.8, 4) is 0 Å². The zero-order valence-electron chi connectivity index (χ0n) is 13.7. The summed E-state index contributed by atoms with van der Waals surface area (Å²) in [5.41, 5.74) is 0.0531. The zero-order chi connectivity index (χ0) is 16.4. The Hall–Kier alpha value is -1.33. The van der Waals surface area contributed by atoms with Crippen LogP contribution in [0.5, 0.6) is 0 Å². The number of carbonyl (C=O) groups is 1. The number of carbonyl (C=O) groups excluding carboxylic acids is 1. The second-order valence-electron chi connectivity index (χ2n) is 6.45. The van der Waals surface area contributed by atoms with Crippen LogP contribution in [0, 0.1) is 11.8 Å². The van der Waals surface area contributed by atoms with Gasteiger partial charge in [-0.1, -0.05) is 33.3 Å². The van der Waals surface area contributed by atoms with E-state index in [0.717, 1.165) is 12.8 Å². The molecule has 2 unspecified atom stereocenters. The van der Waals surface area contributed by atoms with Crippen molar-refractivity contribution in [2.45, 2.75) is 65.0 Å². The molecule has 5 nitrogen and oxygen atoms in total. The number of cyclic esters (lactones) is 1. The Kier molecular flexibility index (Phi) is 5.29. The lowest BCUT2D eigenvalue weighted by molar-refractivity contribution is -0.140. The summed E-state index contributed by atoms with van der Waals surface area (Å²) in [6.45, 7) is 8.18. The van der Waals surface area contributed by atoms with Gasteiger partial charge in [0, 0.05) is 0 Å². The summed E-state index contributed by atoms with van der Waals surface area (Å²) >= 11 is 0. The van der Waals surface area contributed by atoms with Crippen molar-refractivity contribution < 1.29 is 24.5 Å². The lowest BCUT2D eigenvalue weighted by Crippen LogP contribution is -2.44. The molecule has 6 atom stereocenters. The normalized spacial score (nSPS) is 34.4. The minimum atomic E-state index is -1.26. The number of hydrogen-bond donors (Lipinski definition) is 2. The molecule has 22 heavy (non-hydrogen) atoms. The number of aliphatic hydroxyl groups is 2. The highest BCUT2D eigenvalue weighted by Gasteiger charge is 2.46. The summed E-state index contributed by atoms with van der Waals surface area (Å²) in [5.74, 6) is 0.725. The van der Waals surface area contributed by atoms with Crippen LogP contribution in [0.25, 0.3) is 0 Å². The molecule has 0 bridgehead atoms. The van der Waals surface area contributed by atoms with E-state index in [-0.39, 0.29) is 5.57 Å². The second-order valence-corrected chi connectivity index (χ2v) is 6.45. The van der Waals surface area contributed by atoms with Gasteiger partial charge in [-0.05, 0) is 31.3 Å². The highest BCUT2D eigenvalue weighted by molar-refractivity contribution is 5.93. The van der Waals surface area contributed by atoms with Gasteiger partial charge >= 0.3 is 5.97 Å². The van der Waals surface area contributed by atoms with Crippen molar-refractivity contribution >= 4 is 5.97 Å². The first-order valence-electron chi connectivity index (χ1n) is 8.01. The van der Waals surface area contributed by atoms with Crippen LogP contribution >= 0.6 is 0 Å². The SMILES string of the molecule is CCC(C)CC(C)/C=C\[C@H]1OC2=C(C(=O)O[C@@H]2C)[C@@H](O)[C@@H]1O. The van der Waals surface area contributed by atoms with Gasteiger partial charge in [0.25, 0.3) is 0 Å². The topological polar surface area (TPSA) is 76.0 Å². The zero-order valence-corrected chi connectivity index (χ0v) is 13.7. The second kappa shape index (κ2) is 6.84. The number of esters is 1. The molecule has 0 saturated carbocycles. The van der Waals surface area contributed by atoms with Gasteiger partial charge in [-0.3, -0.25) is 0 Å². The van der Waals surface area contributed by atoms with Crippen LogP contribution in [-0.2, 0) is 14.3 Å². The Balaban J connectivity index is 2.07. The molecule has 0 saturated heterocycles.